The minimum atomic E-state index is -1.34. The number of carbonyl (C=O) groups is 1. The Balaban J connectivity index is 1.54. The molecule has 2 aromatic carbocycles. The van der Waals surface area contributed by atoms with Crippen molar-refractivity contribution in [3.05, 3.63) is 65.5 Å². The number of amides is 2. The van der Waals surface area contributed by atoms with Gasteiger partial charge in [0.25, 0.3) is 0 Å². The fourth-order valence-corrected chi connectivity index (χ4v) is 4.39. The van der Waals surface area contributed by atoms with Gasteiger partial charge in [-0.2, -0.15) is 0 Å². The Kier molecular flexibility index (Phi) is 4.34. The lowest BCUT2D eigenvalue weighted by Crippen LogP contribution is -2.53. The zero-order valence-electron chi connectivity index (χ0n) is 14.5. The maximum atomic E-state index is 14.2. The summed E-state index contributed by atoms with van der Waals surface area (Å²) in [6, 6.07) is 8.01. The molecular formula is C20H19F3N2O2. The first-order chi connectivity index (χ1) is 12.9. The van der Waals surface area contributed by atoms with E-state index in [1.54, 1.807) is 23.1 Å². The van der Waals surface area contributed by atoms with Gasteiger partial charge in [-0.1, -0.05) is 18.2 Å². The van der Waals surface area contributed by atoms with Crippen molar-refractivity contribution in [1.82, 2.24) is 4.90 Å². The highest BCUT2D eigenvalue weighted by atomic mass is 19.1. The van der Waals surface area contributed by atoms with Gasteiger partial charge in [-0.25, -0.2) is 18.0 Å². The van der Waals surface area contributed by atoms with E-state index in [1.807, 2.05) is 0 Å². The van der Waals surface area contributed by atoms with Crippen LogP contribution in [-0.4, -0.2) is 28.1 Å². The van der Waals surface area contributed by atoms with Gasteiger partial charge in [0.1, 0.15) is 17.5 Å². The lowest BCUT2D eigenvalue weighted by molar-refractivity contribution is -0.0445. The largest absolute Gasteiger partial charge is 0.385 e. The van der Waals surface area contributed by atoms with Crippen LogP contribution in [0.25, 0.3) is 0 Å². The summed E-state index contributed by atoms with van der Waals surface area (Å²) in [6.07, 6.45) is 1.79. The van der Waals surface area contributed by atoms with Crippen LogP contribution in [0.15, 0.2) is 42.5 Å². The molecule has 2 saturated heterocycles. The van der Waals surface area contributed by atoms with Crippen LogP contribution in [-0.2, 0) is 5.60 Å². The van der Waals surface area contributed by atoms with Crippen molar-refractivity contribution in [3.8, 4) is 0 Å². The maximum absolute atomic E-state index is 14.2. The molecule has 4 rings (SSSR count). The number of nitrogens with zero attached hydrogens (tertiary/aromatic N) is 1. The van der Waals surface area contributed by atoms with Crippen LogP contribution >= 0.6 is 0 Å². The van der Waals surface area contributed by atoms with Crippen LogP contribution in [0, 0.1) is 17.5 Å². The molecule has 1 unspecified atom stereocenters. The van der Waals surface area contributed by atoms with E-state index in [0.29, 0.717) is 18.9 Å². The zero-order chi connectivity index (χ0) is 19.2. The number of benzene rings is 2. The second kappa shape index (κ2) is 6.56. The summed E-state index contributed by atoms with van der Waals surface area (Å²) in [6.45, 7) is 0. The molecule has 4 nitrogen and oxygen atoms in total. The fraction of sp³-hybridized carbons (Fsp3) is 0.350. The van der Waals surface area contributed by atoms with Gasteiger partial charge >= 0.3 is 6.03 Å². The number of halogens is 3. The van der Waals surface area contributed by atoms with Crippen LogP contribution in [0.2, 0.25) is 0 Å². The summed E-state index contributed by atoms with van der Waals surface area (Å²) < 4.78 is 41.0. The first-order valence-electron chi connectivity index (χ1n) is 8.89. The lowest BCUT2D eigenvalue weighted by atomic mass is 9.80. The molecule has 2 aliphatic rings. The molecule has 7 heteroatoms. The smallest absolute Gasteiger partial charge is 0.322 e. The molecule has 0 saturated carbocycles. The highest BCUT2D eigenvalue weighted by molar-refractivity contribution is 5.90. The summed E-state index contributed by atoms with van der Waals surface area (Å²) in [4.78, 5) is 14.3. The van der Waals surface area contributed by atoms with Gasteiger partial charge in [0, 0.05) is 36.6 Å². The molecular weight excluding hydrogens is 357 g/mol. The Morgan fingerprint density at radius 2 is 1.70 bits per heavy atom. The second-order valence-electron chi connectivity index (χ2n) is 7.27. The first kappa shape index (κ1) is 17.9. The molecule has 0 radical (unpaired) electrons. The van der Waals surface area contributed by atoms with Gasteiger partial charge in [-0.3, -0.25) is 0 Å². The number of hydrogen-bond acceptors (Lipinski definition) is 2. The number of aliphatic hydroxyl groups is 1. The van der Waals surface area contributed by atoms with Crippen molar-refractivity contribution in [2.24, 2.45) is 0 Å². The number of carbonyl (C=O) groups excluding carboxylic acids is 1. The molecule has 27 heavy (non-hydrogen) atoms. The number of urea groups is 1. The molecule has 0 aliphatic carbocycles. The first-order valence-corrected chi connectivity index (χ1v) is 8.89. The molecule has 2 fully saturated rings. The van der Waals surface area contributed by atoms with Crippen LogP contribution in [0.3, 0.4) is 0 Å². The quantitative estimate of drug-likeness (QED) is 0.827. The third kappa shape index (κ3) is 3.16. The number of fused-ring (bicyclic) bond motifs is 2. The van der Waals surface area contributed by atoms with E-state index in [9.17, 15) is 23.1 Å². The van der Waals surface area contributed by atoms with E-state index in [4.69, 9.17) is 0 Å². The van der Waals surface area contributed by atoms with Gasteiger partial charge in [0.15, 0.2) is 0 Å². The average molecular weight is 376 g/mol. The van der Waals surface area contributed by atoms with Gasteiger partial charge in [0.05, 0.1) is 11.3 Å². The maximum Gasteiger partial charge on any atom is 0.322 e. The molecule has 2 heterocycles. The van der Waals surface area contributed by atoms with Crippen molar-refractivity contribution < 1.29 is 23.1 Å². The molecule has 142 valence electrons. The number of hydrogen-bond donors (Lipinski definition) is 2. The fourth-order valence-electron chi connectivity index (χ4n) is 4.39. The van der Waals surface area contributed by atoms with Gasteiger partial charge in [-0.15, -0.1) is 0 Å². The van der Waals surface area contributed by atoms with Crippen LogP contribution < -0.4 is 5.32 Å². The predicted molar refractivity (Wildman–Crippen MR) is 93.6 cm³/mol. The van der Waals surface area contributed by atoms with E-state index in [1.165, 1.54) is 12.1 Å². The van der Waals surface area contributed by atoms with Gasteiger partial charge in [0.2, 0.25) is 0 Å². The van der Waals surface area contributed by atoms with Crippen molar-refractivity contribution in [2.45, 2.75) is 43.4 Å². The summed E-state index contributed by atoms with van der Waals surface area (Å²) >= 11 is 0. The molecule has 0 spiro atoms. The van der Waals surface area contributed by atoms with Gasteiger partial charge < -0.3 is 15.3 Å². The monoisotopic (exact) mass is 376 g/mol. The normalized spacial score (nSPS) is 26.9. The topological polar surface area (TPSA) is 52.6 Å². The van der Waals surface area contributed by atoms with E-state index in [0.717, 1.165) is 6.07 Å². The zero-order valence-corrected chi connectivity index (χ0v) is 14.5. The minimum absolute atomic E-state index is 0.101. The Morgan fingerprint density at radius 1 is 1.04 bits per heavy atom. The third-order valence-corrected chi connectivity index (χ3v) is 5.55. The Bertz CT molecular complexity index is 875. The standard InChI is InChI=1S/C20H19F3N2O2/c21-12-5-8-18(17(23)9-12)24-19(26)25-13-6-7-14(25)11-20(27,10-13)15-3-1-2-4-16(15)22/h1-5,8-9,13-14,27H,6-7,10-11H2,(H,24,26)/t13-,14+,20?. The van der Waals surface area contributed by atoms with Crippen LogP contribution in [0.1, 0.15) is 31.2 Å². The van der Waals surface area contributed by atoms with Crippen LogP contribution in [0.5, 0.6) is 0 Å². The van der Waals surface area contributed by atoms with E-state index in [2.05, 4.69) is 5.32 Å². The van der Waals surface area contributed by atoms with E-state index >= 15 is 0 Å². The molecule has 2 amide bonds. The van der Waals surface area contributed by atoms with E-state index in [-0.39, 0.29) is 36.2 Å². The summed E-state index contributed by atoms with van der Waals surface area (Å²) in [5.41, 5.74) is -1.20. The molecule has 2 aliphatic heterocycles. The van der Waals surface area contributed by atoms with Crippen molar-refractivity contribution in [2.75, 3.05) is 5.32 Å². The SMILES string of the molecule is O=C(Nc1ccc(F)cc1F)N1[C@@H]2CC[C@H]1CC(O)(c1ccccc1F)C2. The average Bonchev–Trinajstić information content (AvgIpc) is 2.90. The Labute approximate surface area is 154 Å². The summed E-state index contributed by atoms with van der Waals surface area (Å²) in [5, 5.41) is 13.5. The number of piperidine rings is 1. The van der Waals surface area contributed by atoms with Crippen LogP contribution in [0.4, 0.5) is 23.7 Å². The number of anilines is 1. The van der Waals surface area contributed by atoms with Crippen molar-refractivity contribution in [3.63, 3.8) is 0 Å². The van der Waals surface area contributed by atoms with Crippen molar-refractivity contribution >= 4 is 11.7 Å². The highest BCUT2D eigenvalue weighted by Gasteiger charge is 2.50. The number of nitrogens with one attached hydrogen (secondary N) is 1. The third-order valence-electron chi connectivity index (χ3n) is 5.55. The molecule has 0 aromatic heterocycles. The molecule has 3 atom stereocenters. The van der Waals surface area contributed by atoms with Crippen molar-refractivity contribution in [1.29, 1.82) is 0 Å². The van der Waals surface area contributed by atoms with E-state index < -0.39 is 29.1 Å². The Hall–Kier alpha value is -2.54. The van der Waals surface area contributed by atoms with Gasteiger partial charge in [-0.05, 0) is 31.0 Å². The number of rotatable bonds is 2. The highest BCUT2D eigenvalue weighted by Crippen LogP contribution is 2.46. The molecule has 2 aromatic rings. The predicted octanol–water partition coefficient (Wildman–Crippen LogP) is 4.15. The lowest BCUT2D eigenvalue weighted by Gasteiger charge is -2.44. The minimum Gasteiger partial charge on any atom is -0.385 e. The second-order valence-corrected chi connectivity index (χ2v) is 7.27. The molecule has 2 N–H and O–H groups in total. The Morgan fingerprint density at radius 3 is 2.33 bits per heavy atom. The summed E-state index contributed by atoms with van der Waals surface area (Å²) in [5.74, 6) is -2.04. The molecule has 2 bridgehead atoms. The summed E-state index contributed by atoms with van der Waals surface area (Å²) in [7, 11) is 0.